The van der Waals surface area contributed by atoms with E-state index in [2.05, 4.69) is 15.2 Å². The van der Waals surface area contributed by atoms with Crippen LogP contribution in [-0.4, -0.2) is 50.3 Å². The lowest BCUT2D eigenvalue weighted by atomic mass is 9.92. The molecule has 2 atom stereocenters. The second-order valence-electron chi connectivity index (χ2n) is 6.84. The molecule has 6 heteroatoms. The Bertz CT molecular complexity index is 893. The summed E-state index contributed by atoms with van der Waals surface area (Å²) in [5.41, 5.74) is 2.70. The fourth-order valence-electron chi connectivity index (χ4n) is 3.73. The third-order valence-electron chi connectivity index (χ3n) is 5.06. The van der Waals surface area contributed by atoms with Crippen LogP contribution in [0.3, 0.4) is 0 Å². The molecule has 4 rings (SSSR count). The number of aliphatic hydroxyl groups is 1. The van der Waals surface area contributed by atoms with E-state index in [9.17, 15) is 9.90 Å². The largest absolute Gasteiger partial charge is 0.383 e. The highest BCUT2D eigenvalue weighted by Gasteiger charge is 2.30. The number of hydrogen-bond acceptors (Lipinski definition) is 4. The zero-order valence-corrected chi connectivity index (χ0v) is 14.5. The summed E-state index contributed by atoms with van der Waals surface area (Å²) >= 11 is 0. The van der Waals surface area contributed by atoms with Gasteiger partial charge in [-0.1, -0.05) is 30.3 Å². The van der Waals surface area contributed by atoms with Gasteiger partial charge in [0, 0.05) is 42.7 Å². The minimum Gasteiger partial charge on any atom is -0.383 e. The number of H-pyrrole nitrogens is 1. The zero-order valence-electron chi connectivity index (χ0n) is 14.5. The van der Waals surface area contributed by atoms with E-state index in [0.717, 1.165) is 29.5 Å². The summed E-state index contributed by atoms with van der Waals surface area (Å²) in [6.07, 6.45) is 2.97. The number of hydrogen-bond donors (Lipinski definition) is 2. The van der Waals surface area contributed by atoms with Gasteiger partial charge in [0.15, 0.2) is 5.65 Å². The van der Waals surface area contributed by atoms with Crippen molar-refractivity contribution in [3.63, 3.8) is 0 Å². The Kier molecular flexibility index (Phi) is 4.67. The summed E-state index contributed by atoms with van der Waals surface area (Å²) in [7, 11) is 0. The molecule has 1 aliphatic heterocycles. The van der Waals surface area contributed by atoms with Gasteiger partial charge in [0.05, 0.1) is 0 Å². The summed E-state index contributed by atoms with van der Waals surface area (Å²) in [6.45, 7) is 1.28. The minimum absolute atomic E-state index is 0.186. The first-order valence-electron chi connectivity index (χ1n) is 9.02. The average Bonchev–Trinajstić information content (AvgIpc) is 3.12. The van der Waals surface area contributed by atoms with Crippen molar-refractivity contribution in [2.24, 2.45) is 0 Å². The number of amides is 1. The Hall–Kier alpha value is -2.73. The van der Waals surface area contributed by atoms with Gasteiger partial charge in [0.1, 0.15) is 6.10 Å². The number of pyridine rings is 1. The maximum absolute atomic E-state index is 12.7. The van der Waals surface area contributed by atoms with Gasteiger partial charge in [-0.2, -0.15) is 5.10 Å². The molecule has 0 spiro atoms. The Balaban J connectivity index is 1.47. The van der Waals surface area contributed by atoms with Crippen molar-refractivity contribution in [1.82, 2.24) is 20.1 Å². The van der Waals surface area contributed by atoms with E-state index in [1.807, 2.05) is 42.5 Å². The standard InChI is InChI=1S/C20H22N4O2/c25-17(12-14-6-2-1-3-7-14)20(26)24-11-5-8-15(13-24)18-16-9-4-10-21-19(16)23-22-18/h1-4,6-7,9-10,15,17,25H,5,8,11-13H2,(H,21,22,23). The van der Waals surface area contributed by atoms with Crippen LogP contribution in [-0.2, 0) is 11.2 Å². The lowest BCUT2D eigenvalue weighted by Gasteiger charge is -2.33. The smallest absolute Gasteiger partial charge is 0.251 e. The number of benzene rings is 1. The van der Waals surface area contributed by atoms with E-state index >= 15 is 0 Å². The average molecular weight is 350 g/mol. The number of carbonyl (C=O) groups is 1. The first-order valence-corrected chi connectivity index (χ1v) is 9.02. The number of piperidine rings is 1. The van der Waals surface area contributed by atoms with E-state index in [0.29, 0.717) is 25.2 Å². The molecule has 1 amide bonds. The van der Waals surface area contributed by atoms with Crippen molar-refractivity contribution < 1.29 is 9.90 Å². The molecule has 1 aromatic carbocycles. The van der Waals surface area contributed by atoms with E-state index in [-0.39, 0.29) is 11.8 Å². The molecule has 134 valence electrons. The molecule has 0 bridgehead atoms. The topological polar surface area (TPSA) is 82.1 Å². The molecule has 2 unspecified atom stereocenters. The molecular formula is C20H22N4O2. The van der Waals surface area contributed by atoms with Crippen molar-refractivity contribution >= 4 is 16.9 Å². The predicted molar refractivity (Wildman–Crippen MR) is 98.6 cm³/mol. The Morgan fingerprint density at radius 3 is 2.96 bits per heavy atom. The van der Waals surface area contributed by atoms with Gasteiger partial charge in [-0.05, 0) is 30.5 Å². The molecule has 2 N–H and O–H groups in total. The lowest BCUT2D eigenvalue weighted by molar-refractivity contribution is -0.141. The van der Waals surface area contributed by atoms with Crippen LogP contribution in [0.1, 0.15) is 30.0 Å². The normalized spacial score (nSPS) is 18.8. The Morgan fingerprint density at radius 1 is 1.27 bits per heavy atom. The number of aliphatic hydroxyl groups excluding tert-OH is 1. The quantitative estimate of drug-likeness (QED) is 0.756. The summed E-state index contributed by atoms with van der Waals surface area (Å²) in [5.74, 6) is -0.00803. The fourth-order valence-corrected chi connectivity index (χ4v) is 3.73. The Morgan fingerprint density at radius 2 is 2.12 bits per heavy atom. The Labute approximate surface area is 151 Å². The van der Waals surface area contributed by atoms with Gasteiger partial charge >= 0.3 is 0 Å². The lowest BCUT2D eigenvalue weighted by Crippen LogP contribution is -2.45. The van der Waals surface area contributed by atoms with Gasteiger partial charge in [0.2, 0.25) is 0 Å². The van der Waals surface area contributed by atoms with Gasteiger partial charge < -0.3 is 10.0 Å². The van der Waals surface area contributed by atoms with Crippen LogP contribution in [0, 0.1) is 0 Å². The number of carbonyl (C=O) groups excluding carboxylic acids is 1. The maximum Gasteiger partial charge on any atom is 0.251 e. The molecule has 0 saturated carbocycles. The third-order valence-corrected chi connectivity index (χ3v) is 5.06. The molecule has 3 heterocycles. The number of fused-ring (bicyclic) bond motifs is 1. The van der Waals surface area contributed by atoms with Crippen molar-refractivity contribution in [3.8, 4) is 0 Å². The molecule has 1 aliphatic rings. The van der Waals surface area contributed by atoms with Crippen LogP contribution in [0.25, 0.3) is 11.0 Å². The molecule has 6 nitrogen and oxygen atoms in total. The second-order valence-corrected chi connectivity index (χ2v) is 6.84. The highest BCUT2D eigenvalue weighted by atomic mass is 16.3. The zero-order chi connectivity index (χ0) is 17.9. The highest BCUT2D eigenvalue weighted by Crippen LogP contribution is 2.30. The molecule has 26 heavy (non-hydrogen) atoms. The highest BCUT2D eigenvalue weighted by molar-refractivity contribution is 5.82. The second kappa shape index (κ2) is 7.25. The number of rotatable bonds is 4. The number of nitrogens with zero attached hydrogens (tertiary/aromatic N) is 3. The van der Waals surface area contributed by atoms with Gasteiger partial charge in [-0.3, -0.25) is 9.89 Å². The molecule has 1 saturated heterocycles. The molecule has 1 fully saturated rings. The van der Waals surface area contributed by atoms with Crippen LogP contribution < -0.4 is 0 Å². The molecular weight excluding hydrogens is 328 g/mol. The van der Waals surface area contributed by atoms with Crippen LogP contribution in [0.4, 0.5) is 0 Å². The molecule has 0 radical (unpaired) electrons. The summed E-state index contributed by atoms with van der Waals surface area (Å²) in [6, 6.07) is 13.5. The number of nitrogens with one attached hydrogen (secondary N) is 1. The van der Waals surface area contributed by atoms with Gasteiger partial charge in [-0.15, -0.1) is 0 Å². The molecule has 0 aliphatic carbocycles. The SMILES string of the molecule is O=C(C(O)Cc1ccccc1)N1CCCC(c2[nH]nc3ncccc23)C1. The van der Waals surface area contributed by atoms with Crippen molar-refractivity contribution in [1.29, 1.82) is 0 Å². The number of aromatic amines is 1. The van der Waals surface area contributed by atoms with E-state index in [4.69, 9.17) is 0 Å². The van der Waals surface area contributed by atoms with Crippen LogP contribution in [0.15, 0.2) is 48.7 Å². The molecule has 2 aromatic heterocycles. The monoisotopic (exact) mass is 350 g/mol. The van der Waals surface area contributed by atoms with E-state index in [1.165, 1.54) is 0 Å². The summed E-state index contributed by atoms with van der Waals surface area (Å²) < 4.78 is 0. The third kappa shape index (κ3) is 3.32. The van der Waals surface area contributed by atoms with Crippen molar-refractivity contribution in [3.05, 3.63) is 59.9 Å². The van der Waals surface area contributed by atoms with Gasteiger partial charge in [0.25, 0.3) is 5.91 Å². The van der Waals surface area contributed by atoms with Crippen molar-refractivity contribution in [2.75, 3.05) is 13.1 Å². The maximum atomic E-state index is 12.7. The van der Waals surface area contributed by atoms with E-state index in [1.54, 1.807) is 11.1 Å². The number of likely N-dealkylation sites (tertiary alicyclic amines) is 1. The predicted octanol–water partition coefficient (Wildman–Crippen LogP) is 2.27. The first-order chi connectivity index (χ1) is 12.7. The van der Waals surface area contributed by atoms with Crippen LogP contribution in [0.5, 0.6) is 0 Å². The van der Waals surface area contributed by atoms with Crippen molar-refractivity contribution in [2.45, 2.75) is 31.3 Å². The fraction of sp³-hybridized carbons (Fsp3) is 0.350. The summed E-state index contributed by atoms with van der Waals surface area (Å²) in [5, 5.41) is 18.8. The van der Waals surface area contributed by atoms with E-state index < -0.39 is 6.10 Å². The number of aromatic nitrogens is 3. The minimum atomic E-state index is -1.00. The van der Waals surface area contributed by atoms with Crippen LogP contribution in [0.2, 0.25) is 0 Å². The molecule has 3 aromatic rings. The van der Waals surface area contributed by atoms with Gasteiger partial charge in [-0.25, -0.2) is 4.98 Å². The van der Waals surface area contributed by atoms with Crippen LogP contribution >= 0.6 is 0 Å². The summed E-state index contributed by atoms with van der Waals surface area (Å²) in [4.78, 5) is 18.8. The first kappa shape index (κ1) is 16.7.